The number of ether oxygens (including phenoxy) is 2. The van der Waals surface area contributed by atoms with E-state index in [1.807, 2.05) is 78.9 Å². The van der Waals surface area contributed by atoms with Crippen LogP contribution in [0.15, 0.2) is 94.9 Å². The van der Waals surface area contributed by atoms with E-state index >= 15 is 0 Å². The molecule has 0 radical (unpaired) electrons. The van der Waals surface area contributed by atoms with Crippen molar-refractivity contribution in [1.29, 1.82) is 0 Å². The summed E-state index contributed by atoms with van der Waals surface area (Å²) in [4.78, 5) is 33.1. The highest BCUT2D eigenvalue weighted by Gasteiger charge is 2.16. The molecule has 2 aromatic heterocycles. The van der Waals surface area contributed by atoms with Crippen molar-refractivity contribution < 1.29 is 14.3 Å². The standard InChI is InChI=1S/C29H27N5O4S/c1-37-22-12-8-19(9-13-22)27-28(20-10-14-23(38-2)15-11-20)32-29(31-27)39-17-16-25(35)30-24-18-26(36)34(33-24)21-6-4-3-5-7-21/h3-15,18,33H,16-17H2,1-2H3,(H,30,35)(H,31,32). The van der Waals surface area contributed by atoms with Gasteiger partial charge in [0, 0.05) is 29.4 Å². The molecule has 1 amide bonds. The summed E-state index contributed by atoms with van der Waals surface area (Å²) in [5.74, 6) is 2.17. The Hall–Kier alpha value is -4.70. The number of H-pyrrole nitrogens is 2. The minimum absolute atomic E-state index is 0.207. The topological polar surface area (TPSA) is 114 Å². The SMILES string of the molecule is COc1ccc(-c2nc(SCCC(=O)Nc3cc(=O)n(-c4ccccc4)[nH]3)[nH]c2-c2ccc(OC)cc2)cc1. The molecule has 0 aliphatic heterocycles. The van der Waals surface area contributed by atoms with E-state index in [9.17, 15) is 9.59 Å². The molecule has 0 atom stereocenters. The van der Waals surface area contributed by atoms with Gasteiger partial charge in [-0.1, -0.05) is 30.0 Å². The molecule has 3 aromatic carbocycles. The molecular weight excluding hydrogens is 514 g/mol. The summed E-state index contributed by atoms with van der Waals surface area (Å²) >= 11 is 1.45. The summed E-state index contributed by atoms with van der Waals surface area (Å²) in [5, 5.41) is 6.39. The van der Waals surface area contributed by atoms with Crippen molar-refractivity contribution in [2.75, 3.05) is 25.3 Å². The number of hydrogen-bond acceptors (Lipinski definition) is 6. The maximum Gasteiger partial charge on any atom is 0.273 e. The predicted molar refractivity (Wildman–Crippen MR) is 153 cm³/mol. The lowest BCUT2D eigenvalue weighted by Crippen LogP contribution is -2.13. The molecule has 5 rings (SSSR count). The number of imidazole rings is 1. The van der Waals surface area contributed by atoms with Crippen molar-refractivity contribution in [3.8, 4) is 39.7 Å². The third-order valence-electron chi connectivity index (χ3n) is 6.00. The molecule has 0 spiro atoms. The van der Waals surface area contributed by atoms with Crippen LogP contribution in [-0.4, -0.2) is 45.6 Å². The molecule has 9 nitrogen and oxygen atoms in total. The molecule has 39 heavy (non-hydrogen) atoms. The van der Waals surface area contributed by atoms with Gasteiger partial charge in [-0.15, -0.1) is 0 Å². The number of aromatic amines is 2. The number of methoxy groups -OCH3 is 2. The van der Waals surface area contributed by atoms with Crippen molar-refractivity contribution in [3.63, 3.8) is 0 Å². The quantitative estimate of drug-likeness (QED) is 0.205. The van der Waals surface area contributed by atoms with E-state index < -0.39 is 0 Å². The average Bonchev–Trinajstić information content (AvgIpc) is 3.56. The van der Waals surface area contributed by atoms with Crippen LogP contribution in [-0.2, 0) is 4.79 Å². The van der Waals surface area contributed by atoms with Crippen molar-refractivity contribution >= 4 is 23.5 Å². The molecule has 0 bridgehead atoms. The van der Waals surface area contributed by atoms with E-state index in [0.29, 0.717) is 22.4 Å². The number of nitrogens with one attached hydrogen (secondary N) is 3. The number of carbonyl (C=O) groups is 1. The first kappa shape index (κ1) is 25.9. The number of aromatic nitrogens is 4. The average molecular weight is 542 g/mol. The number of thioether (sulfide) groups is 1. The van der Waals surface area contributed by atoms with E-state index in [0.717, 1.165) is 34.0 Å². The highest BCUT2D eigenvalue weighted by Crippen LogP contribution is 2.34. The van der Waals surface area contributed by atoms with Gasteiger partial charge in [0.05, 0.1) is 31.3 Å². The van der Waals surface area contributed by atoms with Crippen LogP contribution in [0.5, 0.6) is 11.5 Å². The van der Waals surface area contributed by atoms with Gasteiger partial charge >= 0.3 is 0 Å². The lowest BCUT2D eigenvalue weighted by atomic mass is 10.0. The molecule has 198 valence electrons. The van der Waals surface area contributed by atoms with Gasteiger partial charge in [0.25, 0.3) is 5.56 Å². The van der Waals surface area contributed by atoms with Gasteiger partial charge in [-0.25, -0.2) is 9.67 Å². The number of hydrogen-bond donors (Lipinski definition) is 3. The van der Waals surface area contributed by atoms with Gasteiger partial charge in [0.1, 0.15) is 17.3 Å². The zero-order valence-electron chi connectivity index (χ0n) is 21.4. The van der Waals surface area contributed by atoms with Crippen LogP contribution < -0.4 is 20.3 Å². The number of para-hydroxylation sites is 1. The van der Waals surface area contributed by atoms with Crippen LogP contribution in [0.1, 0.15) is 6.42 Å². The summed E-state index contributed by atoms with van der Waals surface area (Å²) in [6.07, 6.45) is 0.236. The van der Waals surface area contributed by atoms with E-state index in [4.69, 9.17) is 14.5 Å². The van der Waals surface area contributed by atoms with Gasteiger partial charge in [-0.3, -0.25) is 14.7 Å². The Morgan fingerprint density at radius 2 is 1.56 bits per heavy atom. The van der Waals surface area contributed by atoms with Gasteiger partial charge in [0.2, 0.25) is 5.91 Å². The summed E-state index contributed by atoms with van der Waals surface area (Å²) in [6, 6.07) is 26.0. The van der Waals surface area contributed by atoms with Crippen molar-refractivity contribution in [3.05, 3.63) is 95.3 Å². The Balaban J connectivity index is 1.28. The van der Waals surface area contributed by atoms with Crippen LogP contribution in [0.2, 0.25) is 0 Å². The Morgan fingerprint density at radius 3 is 2.21 bits per heavy atom. The Labute approximate surface area is 229 Å². The van der Waals surface area contributed by atoms with E-state index in [1.165, 1.54) is 22.5 Å². The number of carbonyl (C=O) groups excluding carboxylic acids is 1. The second-order valence-electron chi connectivity index (χ2n) is 8.55. The van der Waals surface area contributed by atoms with Crippen LogP contribution >= 0.6 is 11.8 Å². The maximum atomic E-state index is 12.6. The highest BCUT2D eigenvalue weighted by molar-refractivity contribution is 7.99. The molecule has 0 unspecified atom stereocenters. The van der Waals surface area contributed by atoms with E-state index in [2.05, 4.69) is 15.4 Å². The lowest BCUT2D eigenvalue weighted by molar-refractivity contribution is -0.115. The summed E-state index contributed by atoms with van der Waals surface area (Å²) in [5.41, 5.74) is 4.01. The van der Waals surface area contributed by atoms with Crippen LogP contribution in [0, 0.1) is 0 Å². The molecule has 0 aliphatic carbocycles. The third kappa shape index (κ3) is 6.07. The number of rotatable bonds is 10. The molecule has 2 heterocycles. The normalized spacial score (nSPS) is 10.8. The second-order valence-corrected chi connectivity index (χ2v) is 9.63. The fraction of sp³-hybridized carbons (Fsp3) is 0.138. The van der Waals surface area contributed by atoms with Crippen LogP contribution in [0.25, 0.3) is 28.2 Å². The zero-order valence-corrected chi connectivity index (χ0v) is 22.2. The minimum atomic E-state index is -0.251. The molecule has 10 heteroatoms. The number of benzene rings is 3. The summed E-state index contributed by atoms with van der Waals surface area (Å²) < 4.78 is 12.0. The van der Waals surface area contributed by atoms with Crippen molar-refractivity contribution in [2.45, 2.75) is 11.6 Å². The van der Waals surface area contributed by atoms with Crippen LogP contribution in [0.4, 0.5) is 5.82 Å². The van der Waals surface area contributed by atoms with Gasteiger partial charge < -0.3 is 19.8 Å². The van der Waals surface area contributed by atoms with Crippen LogP contribution in [0.3, 0.4) is 0 Å². The number of amides is 1. The highest BCUT2D eigenvalue weighted by atomic mass is 32.2. The Bertz CT molecular complexity index is 1540. The van der Waals surface area contributed by atoms with Gasteiger partial charge in [-0.05, 0) is 60.7 Å². The Kier molecular flexibility index (Phi) is 7.83. The van der Waals surface area contributed by atoms with Gasteiger partial charge in [-0.2, -0.15) is 0 Å². The molecule has 5 aromatic rings. The first-order valence-corrected chi connectivity index (χ1v) is 13.2. The third-order valence-corrected chi connectivity index (χ3v) is 6.88. The number of anilines is 1. The monoisotopic (exact) mass is 541 g/mol. The molecule has 3 N–H and O–H groups in total. The summed E-state index contributed by atoms with van der Waals surface area (Å²) in [6.45, 7) is 0. The predicted octanol–water partition coefficient (Wildman–Crippen LogP) is 5.36. The summed E-state index contributed by atoms with van der Waals surface area (Å²) in [7, 11) is 3.27. The zero-order chi connectivity index (χ0) is 27.2. The van der Waals surface area contributed by atoms with E-state index in [1.54, 1.807) is 14.2 Å². The van der Waals surface area contributed by atoms with E-state index in [-0.39, 0.29) is 17.9 Å². The molecule has 0 saturated heterocycles. The maximum absolute atomic E-state index is 12.6. The first-order chi connectivity index (χ1) is 19.0. The fourth-order valence-corrected chi connectivity index (χ4v) is 4.84. The lowest BCUT2D eigenvalue weighted by Gasteiger charge is -2.06. The molecule has 0 aliphatic rings. The second kappa shape index (κ2) is 11.8. The molecular formula is C29H27N5O4S. The minimum Gasteiger partial charge on any atom is -0.497 e. The van der Waals surface area contributed by atoms with Crippen molar-refractivity contribution in [1.82, 2.24) is 19.7 Å². The fourth-order valence-electron chi connectivity index (χ4n) is 4.03. The smallest absolute Gasteiger partial charge is 0.273 e. The first-order valence-electron chi connectivity index (χ1n) is 12.2. The Morgan fingerprint density at radius 1 is 0.923 bits per heavy atom. The molecule has 0 saturated carbocycles. The number of nitrogens with zero attached hydrogens (tertiary/aromatic N) is 2. The largest absolute Gasteiger partial charge is 0.497 e. The van der Waals surface area contributed by atoms with Crippen molar-refractivity contribution in [2.24, 2.45) is 0 Å². The molecule has 0 fully saturated rings. The van der Waals surface area contributed by atoms with Gasteiger partial charge in [0.15, 0.2) is 5.16 Å².